The van der Waals surface area contributed by atoms with E-state index in [-0.39, 0.29) is 5.41 Å². The first kappa shape index (κ1) is 34.8. The molecule has 0 bridgehead atoms. The summed E-state index contributed by atoms with van der Waals surface area (Å²) in [5, 5.41) is 5.00. The molecule has 0 radical (unpaired) electrons. The molecule has 0 N–H and O–H groups in total. The predicted octanol–water partition coefficient (Wildman–Crippen LogP) is 15.1. The van der Waals surface area contributed by atoms with Gasteiger partial charge in [0.1, 0.15) is 0 Å². The molecule has 0 spiro atoms. The van der Waals surface area contributed by atoms with E-state index in [0.29, 0.717) is 0 Å². The second kappa shape index (κ2) is 13.9. The Morgan fingerprint density at radius 3 is 1.19 bits per heavy atom. The quantitative estimate of drug-likeness (QED) is 0.158. The van der Waals surface area contributed by atoms with E-state index >= 15 is 0 Å². The second-order valence-electron chi connectivity index (χ2n) is 16.1. The van der Waals surface area contributed by atoms with Gasteiger partial charge in [0.05, 0.1) is 11.4 Å². The van der Waals surface area contributed by atoms with Crippen molar-refractivity contribution in [2.45, 2.75) is 19.3 Å². The molecule has 0 fully saturated rings. The number of benzene rings is 9. The number of hydrogen-bond donors (Lipinski definition) is 0. The van der Waals surface area contributed by atoms with Crippen LogP contribution in [0.1, 0.15) is 25.0 Å². The Labute approximate surface area is 345 Å². The average Bonchev–Trinajstić information content (AvgIpc) is 3.56. The van der Waals surface area contributed by atoms with Gasteiger partial charge in [-0.15, -0.1) is 0 Å². The molecule has 0 aliphatic heterocycles. The zero-order valence-electron chi connectivity index (χ0n) is 33.0. The van der Waals surface area contributed by atoms with Crippen LogP contribution in [0.5, 0.6) is 0 Å². The van der Waals surface area contributed by atoms with E-state index < -0.39 is 0 Å². The lowest BCUT2D eigenvalue weighted by Gasteiger charge is -2.25. The molecule has 2 nitrogen and oxygen atoms in total. The molecule has 1 aliphatic carbocycles. The molecule has 1 heterocycles. The van der Waals surface area contributed by atoms with Crippen molar-refractivity contribution in [2.24, 2.45) is 0 Å². The van der Waals surface area contributed by atoms with Crippen LogP contribution in [0, 0.1) is 0 Å². The highest BCUT2D eigenvalue weighted by Crippen LogP contribution is 2.56. The smallest absolute Gasteiger partial charge is 0.160 e. The van der Waals surface area contributed by atoms with Crippen LogP contribution >= 0.6 is 0 Å². The second-order valence-corrected chi connectivity index (χ2v) is 16.1. The third kappa shape index (κ3) is 5.87. The van der Waals surface area contributed by atoms with Crippen molar-refractivity contribution >= 4 is 21.5 Å². The minimum absolute atomic E-state index is 0.384. The fourth-order valence-electron chi connectivity index (χ4n) is 9.43. The molecule has 0 unspecified atom stereocenters. The highest BCUT2D eigenvalue weighted by molar-refractivity contribution is 6.18. The summed E-state index contributed by atoms with van der Waals surface area (Å²) in [5.41, 5.74) is 16.8. The molecule has 0 amide bonds. The summed E-state index contributed by atoms with van der Waals surface area (Å²) in [6, 6.07) is 74.2. The summed E-state index contributed by atoms with van der Waals surface area (Å²) >= 11 is 0. The Balaban J connectivity index is 1.14. The molecule has 278 valence electrons. The van der Waals surface area contributed by atoms with Crippen molar-refractivity contribution in [3.63, 3.8) is 0 Å². The fourth-order valence-corrected chi connectivity index (χ4v) is 9.43. The maximum atomic E-state index is 5.62. The minimum Gasteiger partial charge on any atom is -0.228 e. The van der Waals surface area contributed by atoms with E-state index in [2.05, 4.69) is 220 Å². The Bertz CT molecular complexity index is 3230. The van der Waals surface area contributed by atoms with Gasteiger partial charge >= 0.3 is 0 Å². The zero-order valence-corrected chi connectivity index (χ0v) is 33.0. The van der Waals surface area contributed by atoms with E-state index in [9.17, 15) is 0 Å². The van der Waals surface area contributed by atoms with Crippen LogP contribution < -0.4 is 0 Å². The summed E-state index contributed by atoms with van der Waals surface area (Å²) < 4.78 is 0. The van der Waals surface area contributed by atoms with Crippen LogP contribution in [-0.2, 0) is 5.41 Å². The van der Waals surface area contributed by atoms with Crippen molar-refractivity contribution in [3.8, 4) is 78.4 Å². The molecule has 59 heavy (non-hydrogen) atoms. The largest absolute Gasteiger partial charge is 0.228 e. The Morgan fingerprint density at radius 2 is 0.644 bits per heavy atom. The van der Waals surface area contributed by atoms with E-state index in [4.69, 9.17) is 9.97 Å². The van der Waals surface area contributed by atoms with Gasteiger partial charge in [0.15, 0.2) is 5.82 Å². The van der Waals surface area contributed by atoms with E-state index in [1.54, 1.807) is 0 Å². The van der Waals surface area contributed by atoms with Crippen molar-refractivity contribution in [1.82, 2.24) is 9.97 Å². The molecule has 2 heteroatoms. The third-order valence-electron chi connectivity index (χ3n) is 12.2. The third-order valence-corrected chi connectivity index (χ3v) is 12.2. The topological polar surface area (TPSA) is 25.8 Å². The van der Waals surface area contributed by atoms with E-state index in [1.165, 1.54) is 66.1 Å². The van der Waals surface area contributed by atoms with Crippen molar-refractivity contribution < 1.29 is 0 Å². The van der Waals surface area contributed by atoms with Gasteiger partial charge in [0.2, 0.25) is 0 Å². The molecule has 0 saturated heterocycles. The Hall–Kier alpha value is -7.42. The van der Waals surface area contributed by atoms with Gasteiger partial charge in [-0.05, 0) is 95.9 Å². The summed E-state index contributed by atoms with van der Waals surface area (Å²) in [6.07, 6.45) is 0. The molecule has 11 rings (SSSR count). The first-order valence-corrected chi connectivity index (χ1v) is 20.4. The molecule has 0 atom stereocenters. The molecule has 1 aromatic heterocycles. The van der Waals surface area contributed by atoms with Crippen LogP contribution in [0.15, 0.2) is 206 Å². The lowest BCUT2D eigenvalue weighted by molar-refractivity contribution is 0.664. The number of aromatic nitrogens is 2. The van der Waals surface area contributed by atoms with Crippen LogP contribution in [-0.4, -0.2) is 9.97 Å². The molecule has 10 aromatic rings. The van der Waals surface area contributed by atoms with Gasteiger partial charge in [0, 0.05) is 27.7 Å². The fraction of sp³-hybridized carbons (Fsp3) is 0.0526. The first-order chi connectivity index (χ1) is 29.0. The molecule has 1 aliphatic rings. The average molecular weight is 753 g/mol. The first-order valence-electron chi connectivity index (χ1n) is 20.4. The van der Waals surface area contributed by atoms with Gasteiger partial charge in [-0.1, -0.05) is 196 Å². The van der Waals surface area contributed by atoms with Crippen LogP contribution in [0.25, 0.3) is 100.0 Å². The Kier molecular flexibility index (Phi) is 8.20. The van der Waals surface area contributed by atoms with Crippen LogP contribution in [0.4, 0.5) is 0 Å². The molecule has 0 saturated carbocycles. The van der Waals surface area contributed by atoms with Gasteiger partial charge in [-0.25, -0.2) is 9.97 Å². The van der Waals surface area contributed by atoms with E-state index in [1.807, 2.05) is 0 Å². The lowest BCUT2D eigenvalue weighted by Crippen LogP contribution is -2.18. The monoisotopic (exact) mass is 752 g/mol. The number of rotatable bonds is 6. The van der Waals surface area contributed by atoms with Crippen molar-refractivity contribution in [3.05, 3.63) is 217 Å². The maximum Gasteiger partial charge on any atom is 0.160 e. The van der Waals surface area contributed by atoms with Gasteiger partial charge < -0.3 is 0 Å². The van der Waals surface area contributed by atoms with Crippen molar-refractivity contribution in [2.75, 3.05) is 0 Å². The van der Waals surface area contributed by atoms with Crippen LogP contribution in [0.3, 0.4) is 0 Å². The number of nitrogens with zero attached hydrogens (tertiary/aromatic N) is 2. The molecular weight excluding hydrogens is 713 g/mol. The minimum atomic E-state index is -0.384. The normalized spacial score (nSPS) is 12.7. The Morgan fingerprint density at radius 1 is 0.288 bits per heavy atom. The summed E-state index contributed by atoms with van der Waals surface area (Å²) in [7, 11) is 0. The van der Waals surface area contributed by atoms with Crippen molar-refractivity contribution in [1.29, 1.82) is 0 Å². The lowest BCUT2D eigenvalue weighted by atomic mass is 9.78. The summed E-state index contributed by atoms with van der Waals surface area (Å²) in [5.74, 6) is 0.720. The van der Waals surface area contributed by atoms with Crippen LogP contribution in [0.2, 0.25) is 0 Å². The SMILES string of the molecule is CC1(C)c2c(-c3cccc(-c4cccc(-c5ccccc5)c4)c3)nc(-c3cccc(-c4cccc(-c5ccccc5)c4)c3)nc2-c2c1c1ccccc1c1ccccc21. The maximum absolute atomic E-state index is 5.62. The van der Waals surface area contributed by atoms with Gasteiger partial charge in [-0.3, -0.25) is 0 Å². The molecule has 9 aromatic carbocycles. The molecular formula is C57H40N2. The van der Waals surface area contributed by atoms with E-state index in [0.717, 1.165) is 45.0 Å². The highest BCUT2D eigenvalue weighted by atomic mass is 14.9. The number of fused-ring (bicyclic) bond motifs is 8. The standard InChI is InChI=1S/C57H40N2/c1-57(2)52-50-32-12-10-30-48(50)47-29-9-11-31-49(47)51(52)55-53(57)54(45-27-15-25-43(35-45)41-23-13-21-39(33-41)37-17-5-3-6-18-37)58-56(59-55)46-28-16-26-44(36-46)42-24-14-22-40(34-42)38-19-7-4-8-20-38/h3-36H,1-2H3. The zero-order chi connectivity index (χ0) is 39.5. The highest BCUT2D eigenvalue weighted by Gasteiger charge is 2.42. The van der Waals surface area contributed by atoms with Gasteiger partial charge in [0.25, 0.3) is 0 Å². The predicted molar refractivity (Wildman–Crippen MR) is 247 cm³/mol. The summed E-state index contributed by atoms with van der Waals surface area (Å²) in [4.78, 5) is 11.2. The van der Waals surface area contributed by atoms with Gasteiger partial charge in [-0.2, -0.15) is 0 Å². The summed E-state index contributed by atoms with van der Waals surface area (Å²) in [6.45, 7) is 4.72. The number of hydrogen-bond acceptors (Lipinski definition) is 2.